The summed E-state index contributed by atoms with van der Waals surface area (Å²) < 4.78 is 0. The van der Waals surface area contributed by atoms with E-state index >= 15 is 0 Å². The van der Waals surface area contributed by atoms with Crippen molar-refractivity contribution in [2.24, 2.45) is 0 Å². The number of rotatable bonds is 4. The van der Waals surface area contributed by atoms with Gasteiger partial charge in [-0.05, 0) is 0 Å². The van der Waals surface area contributed by atoms with Crippen molar-refractivity contribution in [3.05, 3.63) is 0 Å². The van der Waals surface area contributed by atoms with E-state index in [2.05, 4.69) is 5.32 Å². The molecule has 0 atom stereocenters. The molecule has 0 unspecified atom stereocenters. The molecule has 0 heterocycles. The van der Waals surface area contributed by atoms with Gasteiger partial charge >= 0.3 is 5.97 Å². The Morgan fingerprint density at radius 1 is 1.36 bits per heavy atom. The molecule has 7 heteroatoms. The van der Waals surface area contributed by atoms with Crippen LogP contribution in [0.3, 0.4) is 0 Å². The Labute approximate surface area is 109 Å². The van der Waals surface area contributed by atoms with Crippen LogP contribution < -0.4 is 5.32 Å². The summed E-state index contributed by atoms with van der Waals surface area (Å²) in [5, 5.41) is 26.6. The van der Waals surface area contributed by atoms with Crippen LogP contribution in [0.25, 0.3) is 0 Å². The van der Waals surface area contributed by atoms with Crippen molar-refractivity contribution < 1.29 is 20.1 Å². The van der Waals surface area contributed by atoms with Gasteiger partial charge in [0.05, 0.1) is 6.54 Å². The molecule has 11 heavy (non-hydrogen) atoms. The van der Waals surface area contributed by atoms with Crippen LogP contribution in [0.2, 0.25) is 0 Å². The van der Waals surface area contributed by atoms with E-state index in [-0.39, 0.29) is 72.2 Å². The van der Waals surface area contributed by atoms with Crippen molar-refractivity contribution in [3.63, 3.8) is 0 Å². The van der Waals surface area contributed by atoms with E-state index in [0.717, 1.165) is 0 Å². The van der Waals surface area contributed by atoms with Crippen LogP contribution >= 0.6 is 0 Å². The summed E-state index contributed by atoms with van der Waals surface area (Å²) in [5.41, 5.74) is 0. The summed E-state index contributed by atoms with van der Waals surface area (Å²) in [7, 11) is 0. The first kappa shape index (κ1) is 18.2. The Hall–Kier alpha value is 1.35. The SMILES string of the molecule is O=C(O)CNCC(O)O.[Na].[Na]. The zero-order valence-corrected chi connectivity index (χ0v) is 10.7. The van der Waals surface area contributed by atoms with Gasteiger partial charge < -0.3 is 20.6 Å². The molecule has 5 nitrogen and oxygen atoms in total. The van der Waals surface area contributed by atoms with Crippen LogP contribution in [0, 0.1) is 0 Å². The average molecular weight is 181 g/mol. The Morgan fingerprint density at radius 2 is 1.82 bits per heavy atom. The van der Waals surface area contributed by atoms with Crippen LogP contribution in [-0.4, -0.2) is 99.8 Å². The second-order valence-electron chi connectivity index (χ2n) is 1.51. The van der Waals surface area contributed by atoms with Crippen molar-refractivity contribution >= 4 is 65.1 Å². The van der Waals surface area contributed by atoms with Gasteiger partial charge in [0.2, 0.25) is 0 Å². The molecule has 0 rings (SSSR count). The Bertz CT molecular complexity index is 100. The first-order chi connectivity index (χ1) is 4.13. The summed E-state index contributed by atoms with van der Waals surface area (Å²) in [4.78, 5) is 9.76. The second kappa shape index (κ2) is 11.4. The van der Waals surface area contributed by atoms with Gasteiger partial charge in [-0.1, -0.05) is 0 Å². The van der Waals surface area contributed by atoms with Crippen molar-refractivity contribution in [2.75, 3.05) is 13.1 Å². The third-order valence-corrected chi connectivity index (χ3v) is 0.603. The number of carboxylic acid groups (broad SMARTS) is 1. The first-order valence-corrected chi connectivity index (χ1v) is 2.41. The number of aliphatic hydroxyl groups is 2. The van der Waals surface area contributed by atoms with Gasteiger partial charge in [-0.2, -0.15) is 0 Å². The summed E-state index contributed by atoms with van der Waals surface area (Å²) in [6.07, 6.45) is -1.48. The maximum absolute atomic E-state index is 9.76. The van der Waals surface area contributed by atoms with Crippen LogP contribution in [0.1, 0.15) is 0 Å². The standard InChI is InChI=1S/C4H9NO4.2Na/c6-3(7)1-5-2-4(8)9;;/h3,5-7H,1-2H2,(H,8,9);;. The van der Waals surface area contributed by atoms with Gasteiger partial charge in [0.15, 0.2) is 6.29 Å². The molecule has 4 N–H and O–H groups in total. The fourth-order valence-corrected chi connectivity index (χ4v) is 0.308. The van der Waals surface area contributed by atoms with Crippen molar-refractivity contribution in [1.82, 2.24) is 5.32 Å². The predicted octanol–water partition coefficient (Wildman–Crippen LogP) is -2.79. The fraction of sp³-hybridized carbons (Fsp3) is 0.750. The van der Waals surface area contributed by atoms with Gasteiger partial charge in [-0.15, -0.1) is 0 Å². The molecule has 0 aliphatic heterocycles. The van der Waals surface area contributed by atoms with E-state index in [1.165, 1.54) is 0 Å². The van der Waals surface area contributed by atoms with E-state index in [4.69, 9.17) is 15.3 Å². The molecule has 0 aromatic carbocycles. The summed E-state index contributed by atoms with van der Waals surface area (Å²) in [6, 6.07) is 0. The maximum Gasteiger partial charge on any atom is 0.317 e. The van der Waals surface area contributed by atoms with E-state index in [0.29, 0.717) is 0 Å². The van der Waals surface area contributed by atoms with Gasteiger partial charge in [-0.3, -0.25) is 4.79 Å². The Morgan fingerprint density at radius 3 is 2.09 bits per heavy atom. The molecule has 0 fully saturated rings. The van der Waals surface area contributed by atoms with Gasteiger partial charge in [-0.25, -0.2) is 0 Å². The summed E-state index contributed by atoms with van der Waals surface area (Å²) in [6.45, 7) is -0.371. The number of carbonyl (C=O) groups is 1. The third kappa shape index (κ3) is 18.4. The Kier molecular flexibility index (Phi) is 18.8. The van der Waals surface area contributed by atoms with Crippen LogP contribution in [0.15, 0.2) is 0 Å². The summed E-state index contributed by atoms with van der Waals surface area (Å²) in [5.74, 6) is -1.02. The molecule has 0 aromatic rings. The van der Waals surface area contributed by atoms with Gasteiger partial charge in [0, 0.05) is 65.7 Å². The van der Waals surface area contributed by atoms with Gasteiger partial charge in [0.25, 0.3) is 0 Å². The molecular weight excluding hydrogens is 172 g/mol. The summed E-state index contributed by atoms with van der Waals surface area (Å²) >= 11 is 0. The number of hydrogen-bond donors (Lipinski definition) is 4. The number of aliphatic carboxylic acids is 1. The zero-order chi connectivity index (χ0) is 7.28. The van der Waals surface area contributed by atoms with E-state index < -0.39 is 12.3 Å². The molecule has 0 aliphatic carbocycles. The largest absolute Gasteiger partial charge is 0.480 e. The normalized spacial score (nSPS) is 8.27. The third-order valence-electron chi connectivity index (χ3n) is 0.603. The quantitative estimate of drug-likeness (QED) is 0.278. The number of nitrogens with one attached hydrogen (secondary N) is 1. The molecule has 0 aromatic heterocycles. The topological polar surface area (TPSA) is 89.8 Å². The smallest absolute Gasteiger partial charge is 0.317 e. The molecule has 0 saturated carbocycles. The van der Waals surface area contributed by atoms with Crippen molar-refractivity contribution in [3.8, 4) is 0 Å². The molecule has 2 radical (unpaired) electrons. The van der Waals surface area contributed by atoms with E-state index in [1.54, 1.807) is 0 Å². The molecule has 0 saturated heterocycles. The average Bonchev–Trinajstić information content (AvgIpc) is 1.63. The molecular formula is C4H9NNa2O4. The molecule has 0 spiro atoms. The minimum Gasteiger partial charge on any atom is -0.480 e. The number of aliphatic hydroxyl groups excluding tert-OH is 1. The van der Waals surface area contributed by atoms with Crippen molar-refractivity contribution in [2.45, 2.75) is 6.29 Å². The fourth-order valence-electron chi connectivity index (χ4n) is 0.308. The molecule has 0 amide bonds. The monoisotopic (exact) mass is 181 g/mol. The van der Waals surface area contributed by atoms with Crippen molar-refractivity contribution in [1.29, 1.82) is 0 Å². The van der Waals surface area contributed by atoms with Crippen LogP contribution in [0.5, 0.6) is 0 Å². The maximum atomic E-state index is 9.76. The molecule has 0 aliphatic rings. The number of carboxylic acids is 1. The molecule has 56 valence electrons. The minimum atomic E-state index is -1.48. The number of hydrogen-bond acceptors (Lipinski definition) is 4. The zero-order valence-electron chi connectivity index (χ0n) is 6.74. The van der Waals surface area contributed by atoms with E-state index in [9.17, 15) is 4.79 Å². The first-order valence-electron chi connectivity index (χ1n) is 2.41. The van der Waals surface area contributed by atoms with E-state index in [1.807, 2.05) is 0 Å². The Balaban J connectivity index is -0.000000320. The minimum absolute atomic E-state index is 0. The molecule has 0 bridgehead atoms. The van der Waals surface area contributed by atoms with Crippen LogP contribution in [-0.2, 0) is 4.79 Å². The van der Waals surface area contributed by atoms with Crippen LogP contribution in [0.4, 0.5) is 0 Å². The second-order valence-corrected chi connectivity index (χ2v) is 1.51. The predicted molar refractivity (Wildman–Crippen MR) is 40.2 cm³/mol. The van der Waals surface area contributed by atoms with Gasteiger partial charge in [0.1, 0.15) is 0 Å².